The quantitative estimate of drug-likeness (QED) is 0.590. The number of hydrogen-bond donors (Lipinski definition) is 1. The van der Waals surface area contributed by atoms with Gasteiger partial charge in [-0.2, -0.15) is 0 Å². The highest BCUT2D eigenvalue weighted by atomic mass is 16.3. The average Bonchev–Trinajstić information content (AvgIpc) is 3.42. The predicted molar refractivity (Wildman–Crippen MR) is 121 cm³/mol. The third-order valence-corrected chi connectivity index (χ3v) is 6.44. The molecular formula is C26H25N3O4. The lowest BCUT2D eigenvalue weighted by Gasteiger charge is -2.33. The van der Waals surface area contributed by atoms with Crippen LogP contribution in [-0.4, -0.2) is 34.2 Å². The lowest BCUT2D eigenvalue weighted by Crippen LogP contribution is -2.47. The smallest absolute Gasteiger partial charge is 0.325 e. The number of amides is 4. The second-order valence-corrected chi connectivity index (χ2v) is 8.55. The molecule has 0 unspecified atom stereocenters. The van der Waals surface area contributed by atoms with Crippen LogP contribution in [0.3, 0.4) is 0 Å². The van der Waals surface area contributed by atoms with Crippen LogP contribution in [0.4, 0.5) is 4.79 Å². The molecule has 0 radical (unpaired) electrons. The first kappa shape index (κ1) is 21.0. The molecule has 0 bridgehead atoms. The van der Waals surface area contributed by atoms with Crippen molar-refractivity contribution in [3.63, 3.8) is 0 Å². The van der Waals surface area contributed by atoms with E-state index in [1.54, 1.807) is 23.3 Å². The predicted octanol–water partition coefficient (Wildman–Crippen LogP) is 3.59. The van der Waals surface area contributed by atoms with Crippen LogP contribution in [0, 0.1) is 0 Å². The van der Waals surface area contributed by atoms with Gasteiger partial charge in [-0.15, -0.1) is 0 Å². The molecule has 0 saturated carbocycles. The first-order valence-electron chi connectivity index (χ1n) is 11.1. The van der Waals surface area contributed by atoms with Crippen LogP contribution in [0.5, 0.6) is 0 Å². The van der Waals surface area contributed by atoms with Crippen molar-refractivity contribution in [1.82, 2.24) is 15.1 Å². The summed E-state index contributed by atoms with van der Waals surface area (Å²) in [4.78, 5) is 42.5. The number of urea groups is 1. The van der Waals surface area contributed by atoms with Crippen molar-refractivity contribution < 1.29 is 18.8 Å². The van der Waals surface area contributed by atoms with E-state index in [0.717, 1.165) is 34.4 Å². The summed E-state index contributed by atoms with van der Waals surface area (Å²) in [6.07, 6.45) is 3.75. The molecule has 1 fully saturated rings. The standard InChI is InChI=1S/C26H25N3O4/c30-23(28(17-21-12-7-15-33-21)16-19-8-2-1-3-9-19)18-29-24(31)26(27-25(29)32)14-6-11-20-10-4-5-13-22(20)26/h1-5,7-10,12-13,15H,6,11,14,16-18H2,(H,27,32)/t26-/m1/s1. The van der Waals surface area contributed by atoms with Crippen LogP contribution in [0.1, 0.15) is 35.3 Å². The second-order valence-electron chi connectivity index (χ2n) is 8.55. The number of carbonyl (C=O) groups excluding carboxylic acids is 3. The molecule has 7 nitrogen and oxygen atoms in total. The van der Waals surface area contributed by atoms with Gasteiger partial charge in [0.25, 0.3) is 5.91 Å². The van der Waals surface area contributed by atoms with E-state index in [1.807, 2.05) is 54.6 Å². The van der Waals surface area contributed by atoms with Gasteiger partial charge >= 0.3 is 6.03 Å². The van der Waals surface area contributed by atoms with Gasteiger partial charge in [0.1, 0.15) is 17.8 Å². The fraction of sp³-hybridized carbons (Fsp3) is 0.269. The van der Waals surface area contributed by atoms with Crippen LogP contribution in [-0.2, 0) is 34.6 Å². The van der Waals surface area contributed by atoms with Crippen molar-refractivity contribution in [2.75, 3.05) is 6.54 Å². The molecule has 33 heavy (non-hydrogen) atoms. The van der Waals surface area contributed by atoms with Crippen molar-refractivity contribution in [3.8, 4) is 0 Å². The molecule has 1 aliphatic carbocycles. The Labute approximate surface area is 192 Å². The number of aryl methyl sites for hydroxylation is 1. The van der Waals surface area contributed by atoms with E-state index in [-0.39, 0.29) is 24.9 Å². The number of benzene rings is 2. The Kier molecular flexibility index (Phi) is 5.46. The largest absolute Gasteiger partial charge is 0.467 e. The maximum Gasteiger partial charge on any atom is 0.325 e. The molecule has 2 aliphatic rings. The van der Waals surface area contributed by atoms with Crippen molar-refractivity contribution in [3.05, 3.63) is 95.4 Å². The van der Waals surface area contributed by atoms with E-state index in [4.69, 9.17) is 4.42 Å². The monoisotopic (exact) mass is 443 g/mol. The molecule has 1 aromatic heterocycles. The minimum absolute atomic E-state index is 0.248. The Hall–Kier alpha value is -3.87. The molecule has 168 valence electrons. The van der Waals surface area contributed by atoms with E-state index >= 15 is 0 Å². The minimum atomic E-state index is -1.09. The Morgan fingerprint density at radius 1 is 1.00 bits per heavy atom. The average molecular weight is 444 g/mol. The van der Waals surface area contributed by atoms with Crippen molar-refractivity contribution in [1.29, 1.82) is 0 Å². The van der Waals surface area contributed by atoms with E-state index in [0.29, 0.717) is 18.7 Å². The molecule has 1 spiro atoms. The fourth-order valence-electron chi connectivity index (χ4n) is 4.82. The normalized spacial score (nSPS) is 19.5. The van der Waals surface area contributed by atoms with Gasteiger partial charge in [-0.25, -0.2) is 4.79 Å². The third kappa shape index (κ3) is 3.91. The third-order valence-electron chi connectivity index (χ3n) is 6.44. The molecule has 1 aliphatic heterocycles. The Balaban J connectivity index is 1.38. The Morgan fingerprint density at radius 3 is 2.58 bits per heavy atom. The summed E-state index contributed by atoms with van der Waals surface area (Å²) in [6.45, 7) is 0.276. The Morgan fingerprint density at radius 2 is 1.79 bits per heavy atom. The molecule has 4 amide bonds. The minimum Gasteiger partial charge on any atom is -0.467 e. The van der Waals surface area contributed by atoms with Crippen LogP contribution in [0.2, 0.25) is 0 Å². The van der Waals surface area contributed by atoms with E-state index in [1.165, 1.54) is 0 Å². The maximum atomic E-state index is 13.5. The summed E-state index contributed by atoms with van der Waals surface area (Å²) in [5.74, 6) is -0.0419. The van der Waals surface area contributed by atoms with E-state index < -0.39 is 11.6 Å². The molecular weight excluding hydrogens is 418 g/mol. The van der Waals surface area contributed by atoms with Gasteiger partial charge < -0.3 is 14.6 Å². The molecule has 2 aromatic carbocycles. The molecule has 1 saturated heterocycles. The second kappa shape index (κ2) is 8.58. The number of furan rings is 1. The molecule has 7 heteroatoms. The van der Waals surface area contributed by atoms with Gasteiger partial charge in [-0.3, -0.25) is 14.5 Å². The number of fused-ring (bicyclic) bond motifs is 2. The summed E-state index contributed by atoms with van der Waals surface area (Å²) in [5.41, 5.74) is 1.76. The van der Waals surface area contributed by atoms with Gasteiger partial charge in [0.2, 0.25) is 5.91 Å². The first-order chi connectivity index (χ1) is 16.1. The van der Waals surface area contributed by atoms with Crippen LogP contribution < -0.4 is 5.32 Å². The van der Waals surface area contributed by atoms with Crippen molar-refractivity contribution >= 4 is 17.8 Å². The van der Waals surface area contributed by atoms with E-state index in [9.17, 15) is 14.4 Å². The van der Waals surface area contributed by atoms with Crippen LogP contribution in [0.25, 0.3) is 0 Å². The van der Waals surface area contributed by atoms with Gasteiger partial charge in [0.05, 0.1) is 12.8 Å². The number of rotatable bonds is 6. The maximum absolute atomic E-state index is 13.5. The Bertz CT molecular complexity index is 1180. The number of nitrogens with one attached hydrogen (secondary N) is 1. The fourth-order valence-corrected chi connectivity index (χ4v) is 4.82. The van der Waals surface area contributed by atoms with E-state index in [2.05, 4.69) is 5.32 Å². The van der Waals surface area contributed by atoms with Crippen molar-refractivity contribution in [2.45, 2.75) is 37.9 Å². The summed E-state index contributed by atoms with van der Waals surface area (Å²) in [7, 11) is 0. The number of imide groups is 1. The van der Waals surface area contributed by atoms with Crippen LogP contribution >= 0.6 is 0 Å². The highest BCUT2D eigenvalue weighted by Crippen LogP contribution is 2.39. The molecule has 1 atom stereocenters. The topological polar surface area (TPSA) is 82.9 Å². The SMILES string of the molecule is O=C(CN1C(=O)N[C@@]2(CCCc3ccccc32)C1=O)N(Cc1ccccc1)Cc1ccco1. The van der Waals surface area contributed by atoms with Crippen molar-refractivity contribution in [2.24, 2.45) is 0 Å². The molecule has 3 aromatic rings. The van der Waals surface area contributed by atoms with Gasteiger partial charge in [-0.1, -0.05) is 54.6 Å². The zero-order valence-corrected chi connectivity index (χ0v) is 18.2. The van der Waals surface area contributed by atoms with Gasteiger partial charge in [-0.05, 0) is 48.1 Å². The molecule has 2 heterocycles. The highest BCUT2D eigenvalue weighted by molar-refractivity contribution is 6.09. The number of nitrogens with zero attached hydrogens (tertiary/aromatic N) is 2. The lowest BCUT2D eigenvalue weighted by atomic mass is 9.76. The van der Waals surface area contributed by atoms with Gasteiger partial charge in [0.15, 0.2) is 0 Å². The number of carbonyl (C=O) groups is 3. The lowest BCUT2D eigenvalue weighted by molar-refractivity contribution is -0.140. The zero-order chi connectivity index (χ0) is 22.8. The first-order valence-corrected chi connectivity index (χ1v) is 11.1. The summed E-state index contributed by atoms with van der Waals surface area (Å²) >= 11 is 0. The zero-order valence-electron chi connectivity index (χ0n) is 18.2. The summed E-state index contributed by atoms with van der Waals surface area (Å²) in [6, 6.07) is 20.4. The number of hydrogen-bond acceptors (Lipinski definition) is 4. The highest BCUT2D eigenvalue weighted by Gasteiger charge is 2.54. The van der Waals surface area contributed by atoms with Gasteiger partial charge in [0, 0.05) is 6.54 Å². The summed E-state index contributed by atoms with van der Waals surface area (Å²) in [5, 5.41) is 2.91. The molecule has 5 rings (SSSR count). The summed E-state index contributed by atoms with van der Waals surface area (Å²) < 4.78 is 5.44. The van der Waals surface area contributed by atoms with Crippen LogP contribution in [0.15, 0.2) is 77.4 Å². The molecule has 1 N–H and O–H groups in total.